The van der Waals surface area contributed by atoms with E-state index in [4.69, 9.17) is 13.9 Å². The number of rotatable bonds is 7. The zero-order valence-corrected chi connectivity index (χ0v) is 20.9. The van der Waals surface area contributed by atoms with Crippen molar-refractivity contribution in [2.75, 3.05) is 20.8 Å². The second-order valence-corrected chi connectivity index (χ2v) is 9.33. The molecular weight excluding hydrogens is 454 g/mol. The van der Waals surface area contributed by atoms with Gasteiger partial charge in [-0.25, -0.2) is 0 Å². The topological polar surface area (TPSA) is 69.0 Å². The Morgan fingerprint density at radius 3 is 2.33 bits per heavy atom. The molecule has 1 aliphatic rings. The molecule has 1 amide bonds. The maximum Gasteiger partial charge on any atom is 0.290 e. The highest BCUT2D eigenvalue weighted by atomic mass is 16.5. The van der Waals surface area contributed by atoms with Gasteiger partial charge in [-0.3, -0.25) is 9.59 Å². The summed E-state index contributed by atoms with van der Waals surface area (Å²) in [6.07, 6.45) is 0.578. The molecule has 0 saturated carbocycles. The first-order valence-corrected chi connectivity index (χ1v) is 12.1. The lowest BCUT2D eigenvalue weighted by Crippen LogP contribution is -2.31. The Labute approximate surface area is 210 Å². The Kier molecular flexibility index (Phi) is 6.27. The molecule has 184 valence electrons. The van der Waals surface area contributed by atoms with Crippen molar-refractivity contribution in [2.45, 2.75) is 32.2 Å². The van der Waals surface area contributed by atoms with Gasteiger partial charge in [0.25, 0.3) is 5.91 Å². The highest BCUT2D eigenvalue weighted by Crippen LogP contribution is 2.39. The normalized spacial score (nSPS) is 15.0. The van der Waals surface area contributed by atoms with Crippen LogP contribution in [0.2, 0.25) is 0 Å². The van der Waals surface area contributed by atoms with E-state index in [0.717, 1.165) is 11.1 Å². The number of nitrogens with zero attached hydrogens (tertiary/aromatic N) is 1. The smallest absolute Gasteiger partial charge is 0.290 e. The largest absolute Gasteiger partial charge is 0.493 e. The minimum absolute atomic E-state index is 0.129. The van der Waals surface area contributed by atoms with Crippen LogP contribution in [0.25, 0.3) is 11.0 Å². The van der Waals surface area contributed by atoms with E-state index < -0.39 is 6.04 Å². The van der Waals surface area contributed by atoms with Crippen molar-refractivity contribution in [2.24, 2.45) is 0 Å². The Morgan fingerprint density at radius 2 is 1.64 bits per heavy atom. The number of amides is 1. The predicted molar refractivity (Wildman–Crippen MR) is 139 cm³/mol. The van der Waals surface area contributed by atoms with Gasteiger partial charge in [-0.2, -0.15) is 0 Å². The lowest BCUT2D eigenvalue weighted by atomic mass is 9.95. The summed E-state index contributed by atoms with van der Waals surface area (Å²) in [5.41, 5.74) is 3.75. The van der Waals surface area contributed by atoms with E-state index in [1.54, 1.807) is 37.3 Å². The standard InChI is InChI=1S/C30H29NO5/c1-18(2)20-10-12-21(13-11-20)27-26-28(32)22-7-5-6-8-23(22)36-29(26)30(33)31(27)16-15-19-9-14-24(34-3)25(17-19)35-4/h5-14,17-18,27H,15-16H2,1-4H3. The maximum atomic E-state index is 13.6. The molecule has 0 N–H and O–H groups in total. The van der Waals surface area contributed by atoms with Crippen LogP contribution in [0.3, 0.4) is 0 Å². The highest BCUT2D eigenvalue weighted by molar-refractivity contribution is 5.99. The van der Waals surface area contributed by atoms with Gasteiger partial charge in [0.05, 0.1) is 31.2 Å². The van der Waals surface area contributed by atoms with E-state index in [1.165, 1.54) is 5.56 Å². The third kappa shape index (κ3) is 4.02. The highest BCUT2D eigenvalue weighted by Gasteiger charge is 2.42. The van der Waals surface area contributed by atoms with Gasteiger partial charge in [0, 0.05) is 6.54 Å². The molecule has 0 aliphatic carbocycles. The van der Waals surface area contributed by atoms with Crippen molar-refractivity contribution in [3.05, 3.63) is 105 Å². The minimum atomic E-state index is -0.519. The molecule has 36 heavy (non-hydrogen) atoms. The van der Waals surface area contributed by atoms with Crippen molar-refractivity contribution in [1.29, 1.82) is 0 Å². The molecule has 1 atom stereocenters. The Morgan fingerprint density at radius 1 is 0.917 bits per heavy atom. The zero-order chi connectivity index (χ0) is 25.4. The molecule has 3 aromatic carbocycles. The molecule has 1 unspecified atom stereocenters. The van der Waals surface area contributed by atoms with Crippen LogP contribution in [0.5, 0.6) is 11.5 Å². The second kappa shape index (κ2) is 9.53. The van der Waals surface area contributed by atoms with Gasteiger partial charge < -0.3 is 18.8 Å². The van der Waals surface area contributed by atoms with E-state index in [1.807, 2.05) is 36.4 Å². The fourth-order valence-corrected chi connectivity index (χ4v) is 4.89. The molecule has 0 fully saturated rings. The van der Waals surface area contributed by atoms with Crippen molar-refractivity contribution in [3.63, 3.8) is 0 Å². The predicted octanol–water partition coefficient (Wildman–Crippen LogP) is 5.72. The molecule has 0 saturated heterocycles. The molecule has 2 heterocycles. The molecule has 6 nitrogen and oxygen atoms in total. The van der Waals surface area contributed by atoms with Gasteiger partial charge in [-0.1, -0.05) is 56.3 Å². The van der Waals surface area contributed by atoms with Crippen LogP contribution in [0, 0.1) is 0 Å². The summed E-state index contributed by atoms with van der Waals surface area (Å²) >= 11 is 0. The first-order chi connectivity index (χ1) is 17.4. The number of hydrogen-bond donors (Lipinski definition) is 0. The summed E-state index contributed by atoms with van der Waals surface area (Å²) in [7, 11) is 3.20. The number of hydrogen-bond acceptors (Lipinski definition) is 5. The van der Waals surface area contributed by atoms with Gasteiger partial charge in [0.2, 0.25) is 5.76 Å². The van der Waals surface area contributed by atoms with Crippen molar-refractivity contribution in [1.82, 2.24) is 4.90 Å². The van der Waals surface area contributed by atoms with E-state index in [9.17, 15) is 9.59 Å². The third-order valence-corrected chi connectivity index (χ3v) is 6.88. The SMILES string of the molecule is COc1ccc(CCN2C(=O)c3oc4ccccc4c(=O)c3C2c2ccc(C(C)C)cc2)cc1OC. The van der Waals surface area contributed by atoms with E-state index in [-0.39, 0.29) is 17.1 Å². The summed E-state index contributed by atoms with van der Waals surface area (Å²) in [6.45, 7) is 4.68. The van der Waals surface area contributed by atoms with E-state index in [0.29, 0.717) is 46.9 Å². The number of benzene rings is 3. The average molecular weight is 484 g/mol. The average Bonchev–Trinajstić information content (AvgIpc) is 3.18. The quantitative estimate of drug-likeness (QED) is 0.336. The molecule has 0 spiro atoms. The molecule has 0 radical (unpaired) electrons. The van der Waals surface area contributed by atoms with Crippen molar-refractivity contribution >= 4 is 16.9 Å². The molecular formula is C30H29NO5. The van der Waals surface area contributed by atoms with Crippen LogP contribution < -0.4 is 14.9 Å². The van der Waals surface area contributed by atoms with Crippen LogP contribution in [-0.4, -0.2) is 31.6 Å². The molecule has 1 aromatic heterocycles. The van der Waals surface area contributed by atoms with Gasteiger partial charge in [-0.15, -0.1) is 0 Å². The Hall–Kier alpha value is -4.06. The number of para-hydroxylation sites is 1. The summed E-state index contributed by atoms with van der Waals surface area (Å²) in [5, 5.41) is 0.481. The van der Waals surface area contributed by atoms with Gasteiger partial charge in [0.1, 0.15) is 5.58 Å². The maximum absolute atomic E-state index is 13.6. The number of carbonyl (C=O) groups is 1. The van der Waals surface area contributed by atoms with Crippen LogP contribution in [-0.2, 0) is 6.42 Å². The summed E-state index contributed by atoms with van der Waals surface area (Å²) in [4.78, 5) is 29.0. The van der Waals surface area contributed by atoms with Gasteiger partial charge >= 0.3 is 0 Å². The zero-order valence-electron chi connectivity index (χ0n) is 20.9. The molecule has 1 aliphatic heterocycles. The summed E-state index contributed by atoms with van der Waals surface area (Å²) in [6, 6.07) is 20.5. The van der Waals surface area contributed by atoms with Crippen LogP contribution in [0.15, 0.2) is 75.9 Å². The lowest BCUT2D eigenvalue weighted by molar-refractivity contribution is 0.0730. The van der Waals surface area contributed by atoms with E-state index in [2.05, 4.69) is 26.0 Å². The Balaban J connectivity index is 1.57. The fourth-order valence-electron chi connectivity index (χ4n) is 4.89. The second-order valence-electron chi connectivity index (χ2n) is 9.33. The number of carbonyl (C=O) groups excluding carboxylic acids is 1. The number of fused-ring (bicyclic) bond motifs is 2. The molecule has 5 rings (SSSR count). The van der Waals surface area contributed by atoms with Gasteiger partial charge in [-0.05, 0) is 53.3 Å². The minimum Gasteiger partial charge on any atom is -0.493 e. The van der Waals surface area contributed by atoms with Crippen LogP contribution in [0.1, 0.15) is 58.6 Å². The monoisotopic (exact) mass is 483 g/mol. The molecule has 4 aromatic rings. The van der Waals surface area contributed by atoms with Gasteiger partial charge in [0.15, 0.2) is 16.9 Å². The van der Waals surface area contributed by atoms with Crippen LogP contribution in [0.4, 0.5) is 0 Å². The molecule has 0 bridgehead atoms. The summed E-state index contributed by atoms with van der Waals surface area (Å²) in [5.74, 6) is 1.52. The number of methoxy groups -OCH3 is 2. The Bertz CT molecular complexity index is 1490. The number of ether oxygens (including phenoxy) is 2. The van der Waals surface area contributed by atoms with Crippen LogP contribution >= 0.6 is 0 Å². The first kappa shape index (κ1) is 23.7. The summed E-state index contributed by atoms with van der Waals surface area (Å²) < 4.78 is 16.8. The molecule has 6 heteroatoms. The van der Waals surface area contributed by atoms with E-state index >= 15 is 0 Å². The first-order valence-electron chi connectivity index (χ1n) is 12.1. The van der Waals surface area contributed by atoms with Crippen molar-refractivity contribution in [3.8, 4) is 11.5 Å². The fraction of sp³-hybridized carbons (Fsp3) is 0.267. The van der Waals surface area contributed by atoms with Crippen molar-refractivity contribution < 1.29 is 18.7 Å². The lowest BCUT2D eigenvalue weighted by Gasteiger charge is -2.25. The third-order valence-electron chi connectivity index (χ3n) is 6.88.